The lowest BCUT2D eigenvalue weighted by atomic mass is 10.0. The van der Waals surface area contributed by atoms with Crippen LogP contribution in [0.4, 0.5) is 4.79 Å². The number of fused-ring (bicyclic) bond motifs is 1. The Morgan fingerprint density at radius 1 is 1.45 bits per heavy atom. The van der Waals surface area contributed by atoms with E-state index in [9.17, 15) is 4.79 Å². The summed E-state index contributed by atoms with van der Waals surface area (Å²) in [5.41, 5.74) is 0. The van der Waals surface area contributed by atoms with Gasteiger partial charge in [-0.15, -0.1) is 0 Å². The summed E-state index contributed by atoms with van der Waals surface area (Å²) in [6.45, 7) is 4.31. The fourth-order valence-corrected chi connectivity index (χ4v) is 3.42. The zero-order chi connectivity index (χ0) is 15.7. The van der Waals surface area contributed by atoms with E-state index in [2.05, 4.69) is 10.2 Å². The van der Waals surface area contributed by atoms with Crippen molar-refractivity contribution in [2.75, 3.05) is 27.2 Å². The Balaban J connectivity index is 1.70. The van der Waals surface area contributed by atoms with Crippen molar-refractivity contribution in [1.29, 1.82) is 0 Å². The van der Waals surface area contributed by atoms with Crippen LogP contribution >= 0.6 is 0 Å². The SMILES string of the molecule is Cc1ccc(CN2C[C@@H](NC(=O)N(C)C)[C@H]3OCCC[C@H]32)o1. The molecule has 122 valence electrons. The Morgan fingerprint density at radius 2 is 2.27 bits per heavy atom. The molecule has 0 unspecified atom stereocenters. The van der Waals surface area contributed by atoms with Crippen LogP contribution in [0.5, 0.6) is 0 Å². The summed E-state index contributed by atoms with van der Waals surface area (Å²) in [4.78, 5) is 15.9. The van der Waals surface area contributed by atoms with Gasteiger partial charge in [0, 0.05) is 33.3 Å². The highest BCUT2D eigenvalue weighted by Gasteiger charge is 2.44. The van der Waals surface area contributed by atoms with Crippen molar-refractivity contribution in [3.8, 4) is 0 Å². The average molecular weight is 307 g/mol. The molecule has 3 heterocycles. The minimum atomic E-state index is -0.0615. The highest BCUT2D eigenvalue weighted by atomic mass is 16.5. The third-order valence-electron chi connectivity index (χ3n) is 4.50. The number of nitrogens with one attached hydrogen (secondary N) is 1. The van der Waals surface area contributed by atoms with Crippen molar-refractivity contribution >= 4 is 6.03 Å². The van der Waals surface area contributed by atoms with Crippen molar-refractivity contribution in [2.24, 2.45) is 0 Å². The van der Waals surface area contributed by atoms with E-state index in [0.29, 0.717) is 6.04 Å². The summed E-state index contributed by atoms with van der Waals surface area (Å²) in [5, 5.41) is 3.09. The smallest absolute Gasteiger partial charge is 0.317 e. The number of hydrogen-bond donors (Lipinski definition) is 1. The number of ether oxygens (including phenoxy) is 1. The second-order valence-corrected chi connectivity index (χ2v) is 6.44. The topological polar surface area (TPSA) is 58.0 Å². The first-order valence-corrected chi connectivity index (χ1v) is 7.93. The van der Waals surface area contributed by atoms with E-state index in [4.69, 9.17) is 9.15 Å². The number of hydrogen-bond acceptors (Lipinski definition) is 4. The molecule has 0 spiro atoms. The fourth-order valence-electron chi connectivity index (χ4n) is 3.42. The maximum Gasteiger partial charge on any atom is 0.317 e. The molecule has 22 heavy (non-hydrogen) atoms. The van der Waals surface area contributed by atoms with Gasteiger partial charge in [0.2, 0.25) is 0 Å². The number of rotatable bonds is 3. The molecule has 1 aromatic heterocycles. The molecule has 2 aliphatic rings. The van der Waals surface area contributed by atoms with Crippen LogP contribution < -0.4 is 5.32 Å². The van der Waals surface area contributed by atoms with Crippen LogP contribution in [-0.4, -0.2) is 61.3 Å². The normalized spacial score (nSPS) is 28.4. The Bertz CT molecular complexity index is 528. The largest absolute Gasteiger partial charge is 0.465 e. The molecule has 3 atom stereocenters. The molecule has 0 saturated carbocycles. The molecule has 2 aliphatic heterocycles. The molecule has 2 saturated heterocycles. The van der Waals surface area contributed by atoms with Crippen LogP contribution in [-0.2, 0) is 11.3 Å². The molecule has 3 rings (SSSR count). The molecule has 0 aliphatic carbocycles. The summed E-state index contributed by atoms with van der Waals surface area (Å²) in [6.07, 6.45) is 2.26. The van der Waals surface area contributed by atoms with Gasteiger partial charge < -0.3 is 19.4 Å². The Kier molecular flexibility index (Phi) is 4.40. The highest BCUT2D eigenvalue weighted by Crippen LogP contribution is 2.30. The predicted octanol–water partition coefficient (Wildman–Crippen LogP) is 1.59. The quantitative estimate of drug-likeness (QED) is 0.921. The van der Waals surface area contributed by atoms with Gasteiger partial charge >= 0.3 is 6.03 Å². The van der Waals surface area contributed by atoms with E-state index < -0.39 is 0 Å². The van der Waals surface area contributed by atoms with Crippen LogP contribution in [0.25, 0.3) is 0 Å². The number of urea groups is 1. The van der Waals surface area contributed by atoms with Crippen molar-refractivity contribution in [2.45, 2.75) is 44.5 Å². The number of carbonyl (C=O) groups excluding carboxylic acids is 1. The maximum absolute atomic E-state index is 12.0. The van der Waals surface area contributed by atoms with E-state index in [1.165, 1.54) is 0 Å². The first-order chi connectivity index (χ1) is 10.5. The number of amides is 2. The van der Waals surface area contributed by atoms with Crippen molar-refractivity contribution in [3.63, 3.8) is 0 Å². The highest BCUT2D eigenvalue weighted by molar-refractivity contribution is 5.74. The van der Waals surface area contributed by atoms with Crippen molar-refractivity contribution < 1.29 is 13.9 Å². The molecule has 6 heteroatoms. The molecular formula is C16H25N3O3. The van der Waals surface area contributed by atoms with Gasteiger partial charge in [0.25, 0.3) is 0 Å². The first kappa shape index (κ1) is 15.4. The van der Waals surface area contributed by atoms with E-state index in [0.717, 1.165) is 44.1 Å². The third-order valence-corrected chi connectivity index (χ3v) is 4.50. The van der Waals surface area contributed by atoms with Crippen molar-refractivity contribution in [3.05, 3.63) is 23.7 Å². The zero-order valence-electron chi connectivity index (χ0n) is 13.5. The predicted molar refractivity (Wildman–Crippen MR) is 82.6 cm³/mol. The van der Waals surface area contributed by atoms with Crippen LogP contribution in [0.1, 0.15) is 24.4 Å². The second kappa shape index (κ2) is 6.30. The average Bonchev–Trinajstić information content (AvgIpc) is 3.04. The molecular weight excluding hydrogens is 282 g/mol. The first-order valence-electron chi connectivity index (χ1n) is 7.93. The summed E-state index contributed by atoms with van der Waals surface area (Å²) < 4.78 is 11.7. The number of likely N-dealkylation sites (tertiary alicyclic amines) is 1. The van der Waals surface area contributed by atoms with Crippen LogP contribution in [0.3, 0.4) is 0 Å². The summed E-state index contributed by atoms with van der Waals surface area (Å²) in [6, 6.07) is 4.35. The van der Waals surface area contributed by atoms with E-state index in [1.807, 2.05) is 19.1 Å². The number of carbonyl (C=O) groups is 1. The van der Waals surface area contributed by atoms with Crippen molar-refractivity contribution in [1.82, 2.24) is 15.1 Å². The maximum atomic E-state index is 12.0. The molecule has 1 aromatic rings. The van der Waals surface area contributed by atoms with E-state index in [1.54, 1.807) is 19.0 Å². The minimum absolute atomic E-state index is 0.0382. The van der Waals surface area contributed by atoms with E-state index in [-0.39, 0.29) is 18.2 Å². The lowest BCUT2D eigenvalue weighted by Gasteiger charge is -2.32. The fraction of sp³-hybridized carbons (Fsp3) is 0.688. The Hall–Kier alpha value is -1.53. The molecule has 1 N–H and O–H groups in total. The summed E-state index contributed by atoms with van der Waals surface area (Å²) in [5.74, 6) is 1.91. The van der Waals surface area contributed by atoms with Gasteiger partial charge in [-0.05, 0) is 31.9 Å². The van der Waals surface area contributed by atoms with Gasteiger partial charge in [-0.3, -0.25) is 4.90 Å². The lowest BCUT2D eigenvalue weighted by Crippen LogP contribution is -2.50. The zero-order valence-corrected chi connectivity index (χ0v) is 13.5. The third kappa shape index (κ3) is 3.13. The molecule has 0 aromatic carbocycles. The molecule has 2 fully saturated rings. The van der Waals surface area contributed by atoms with Gasteiger partial charge in [-0.2, -0.15) is 0 Å². The van der Waals surface area contributed by atoms with Gasteiger partial charge in [-0.25, -0.2) is 4.79 Å². The van der Waals surface area contributed by atoms with Gasteiger partial charge in [-0.1, -0.05) is 0 Å². The van der Waals surface area contributed by atoms with E-state index >= 15 is 0 Å². The molecule has 6 nitrogen and oxygen atoms in total. The molecule has 2 amide bonds. The Labute approximate surface area is 131 Å². The Morgan fingerprint density at radius 3 is 2.95 bits per heavy atom. The summed E-state index contributed by atoms with van der Waals surface area (Å²) in [7, 11) is 3.51. The van der Waals surface area contributed by atoms with Gasteiger partial charge in [0.15, 0.2) is 0 Å². The number of nitrogens with zero attached hydrogens (tertiary/aromatic N) is 2. The van der Waals surface area contributed by atoms with Crippen LogP contribution in [0, 0.1) is 6.92 Å². The second-order valence-electron chi connectivity index (χ2n) is 6.44. The minimum Gasteiger partial charge on any atom is -0.465 e. The van der Waals surface area contributed by atoms with Gasteiger partial charge in [0.1, 0.15) is 11.5 Å². The monoisotopic (exact) mass is 307 g/mol. The number of aryl methyl sites for hydroxylation is 1. The van der Waals surface area contributed by atoms with Crippen LogP contribution in [0.15, 0.2) is 16.5 Å². The summed E-state index contributed by atoms with van der Waals surface area (Å²) >= 11 is 0. The van der Waals surface area contributed by atoms with Gasteiger partial charge in [0.05, 0.1) is 18.7 Å². The van der Waals surface area contributed by atoms with Crippen LogP contribution in [0.2, 0.25) is 0 Å². The molecule has 0 bridgehead atoms. The lowest BCUT2D eigenvalue weighted by molar-refractivity contribution is -0.0215. The number of furan rings is 1. The standard InChI is InChI=1S/C16H25N3O3/c1-11-6-7-12(22-11)9-19-10-13(17-16(20)18(2)3)15-14(19)5-4-8-21-15/h6-7,13-15H,4-5,8-10H2,1-3H3,(H,17,20)/t13-,14-,15-/m1/s1. The molecule has 0 radical (unpaired) electrons.